The van der Waals surface area contributed by atoms with E-state index in [1.54, 1.807) is 11.8 Å². The second kappa shape index (κ2) is 8.13. The number of rotatable bonds is 6. The minimum Gasteiger partial charge on any atom is -0.399 e. The van der Waals surface area contributed by atoms with E-state index in [2.05, 4.69) is 11.4 Å². The van der Waals surface area contributed by atoms with Crippen LogP contribution in [0, 0.1) is 6.92 Å². The SMILES string of the molecule is Cc1cc(SCC(=O)NCCC2=CCCCC2)ccc1N. The Morgan fingerprint density at radius 2 is 2.24 bits per heavy atom. The first-order valence-electron chi connectivity index (χ1n) is 7.58. The van der Waals surface area contributed by atoms with Crippen molar-refractivity contribution in [3.63, 3.8) is 0 Å². The molecule has 3 N–H and O–H groups in total. The van der Waals surface area contributed by atoms with Crippen LogP contribution in [-0.2, 0) is 4.79 Å². The standard InChI is InChI=1S/C17H24N2OS/c1-13-11-15(7-8-16(13)18)21-12-17(20)19-10-9-14-5-3-2-4-6-14/h5,7-8,11H,2-4,6,9-10,12,18H2,1H3,(H,19,20). The molecule has 1 aliphatic carbocycles. The van der Waals surface area contributed by atoms with Gasteiger partial charge in [-0.05, 0) is 62.8 Å². The number of hydrogen-bond donors (Lipinski definition) is 2. The normalized spacial score (nSPS) is 14.6. The molecule has 114 valence electrons. The molecule has 0 aromatic heterocycles. The summed E-state index contributed by atoms with van der Waals surface area (Å²) in [5, 5.41) is 3.00. The van der Waals surface area contributed by atoms with E-state index < -0.39 is 0 Å². The third kappa shape index (κ3) is 5.46. The summed E-state index contributed by atoms with van der Waals surface area (Å²) >= 11 is 1.56. The van der Waals surface area contributed by atoms with Crippen LogP contribution >= 0.6 is 11.8 Å². The maximum Gasteiger partial charge on any atom is 0.230 e. The number of thioether (sulfide) groups is 1. The van der Waals surface area contributed by atoms with Crippen molar-refractivity contribution in [1.82, 2.24) is 5.32 Å². The van der Waals surface area contributed by atoms with E-state index in [0.717, 1.165) is 29.1 Å². The third-order valence-electron chi connectivity index (χ3n) is 3.76. The molecule has 0 fully saturated rings. The third-order valence-corrected chi connectivity index (χ3v) is 4.76. The summed E-state index contributed by atoms with van der Waals surface area (Å²) < 4.78 is 0. The highest BCUT2D eigenvalue weighted by molar-refractivity contribution is 8.00. The molecular formula is C17H24N2OS. The van der Waals surface area contributed by atoms with Crippen LogP contribution in [0.1, 0.15) is 37.7 Å². The highest BCUT2D eigenvalue weighted by Crippen LogP contribution is 2.22. The minimum absolute atomic E-state index is 0.103. The molecule has 1 aromatic rings. The van der Waals surface area contributed by atoms with Crippen LogP contribution < -0.4 is 11.1 Å². The van der Waals surface area contributed by atoms with E-state index in [0.29, 0.717) is 5.75 Å². The Morgan fingerprint density at radius 3 is 2.95 bits per heavy atom. The van der Waals surface area contributed by atoms with Crippen molar-refractivity contribution >= 4 is 23.4 Å². The Kier molecular flexibility index (Phi) is 6.18. The minimum atomic E-state index is 0.103. The van der Waals surface area contributed by atoms with E-state index in [9.17, 15) is 4.79 Å². The van der Waals surface area contributed by atoms with Crippen molar-refractivity contribution in [2.75, 3.05) is 18.0 Å². The molecule has 0 spiro atoms. The molecule has 21 heavy (non-hydrogen) atoms. The number of aryl methyl sites for hydroxylation is 1. The van der Waals surface area contributed by atoms with E-state index in [4.69, 9.17) is 5.73 Å². The van der Waals surface area contributed by atoms with E-state index >= 15 is 0 Å². The molecule has 0 aliphatic heterocycles. The Hall–Kier alpha value is -1.42. The summed E-state index contributed by atoms with van der Waals surface area (Å²) in [7, 11) is 0. The fourth-order valence-corrected chi connectivity index (χ4v) is 3.26. The van der Waals surface area contributed by atoms with E-state index in [1.165, 1.54) is 31.3 Å². The summed E-state index contributed by atoms with van der Waals surface area (Å²) in [5.74, 6) is 0.563. The predicted molar refractivity (Wildman–Crippen MR) is 90.5 cm³/mol. The molecule has 0 heterocycles. The lowest BCUT2D eigenvalue weighted by Gasteiger charge is -2.13. The van der Waals surface area contributed by atoms with Crippen LogP contribution in [0.25, 0.3) is 0 Å². The molecule has 0 saturated carbocycles. The van der Waals surface area contributed by atoms with Crippen LogP contribution in [0.5, 0.6) is 0 Å². The van der Waals surface area contributed by atoms with Gasteiger partial charge >= 0.3 is 0 Å². The number of hydrogen-bond acceptors (Lipinski definition) is 3. The van der Waals surface area contributed by atoms with Crippen molar-refractivity contribution < 1.29 is 4.79 Å². The number of nitrogens with one attached hydrogen (secondary N) is 1. The van der Waals surface area contributed by atoms with Gasteiger partial charge in [-0.3, -0.25) is 4.79 Å². The summed E-state index contributed by atoms with van der Waals surface area (Å²) in [6, 6.07) is 5.89. The fourth-order valence-electron chi connectivity index (χ4n) is 2.43. The number of amides is 1. The van der Waals surface area contributed by atoms with Crippen LogP contribution in [0.4, 0.5) is 5.69 Å². The molecule has 2 rings (SSSR count). The number of allylic oxidation sites excluding steroid dienone is 1. The van der Waals surface area contributed by atoms with Crippen molar-refractivity contribution in [2.24, 2.45) is 0 Å². The zero-order valence-corrected chi connectivity index (χ0v) is 13.5. The molecule has 1 aliphatic rings. The molecule has 0 radical (unpaired) electrons. The highest BCUT2D eigenvalue weighted by atomic mass is 32.2. The van der Waals surface area contributed by atoms with Crippen LogP contribution in [0.3, 0.4) is 0 Å². The molecular weight excluding hydrogens is 280 g/mol. The molecule has 4 heteroatoms. The Bertz CT molecular complexity index is 526. The van der Waals surface area contributed by atoms with Crippen LogP contribution in [0.2, 0.25) is 0 Å². The summed E-state index contributed by atoms with van der Waals surface area (Å²) in [6.07, 6.45) is 8.35. The van der Waals surface area contributed by atoms with Gasteiger partial charge in [0.25, 0.3) is 0 Å². The average molecular weight is 304 g/mol. The summed E-state index contributed by atoms with van der Waals surface area (Å²) in [5.41, 5.74) is 9.15. The van der Waals surface area contributed by atoms with E-state index in [1.807, 2.05) is 25.1 Å². The Morgan fingerprint density at radius 1 is 1.38 bits per heavy atom. The second-order valence-corrected chi connectivity index (χ2v) is 6.56. The number of anilines is 1. The molecule has 1 aromatic carbocycles. The van der Waals surface area contributed by atoms with Gasteiger partial charge in [-0.25, -0.2) is 0 Å². The Labute approximate surface area is 131 Å². The first-order valence-corrected chi connectivity index (χ1v) is 8.57. The fraction of sp³-hybridized carbons (Fsp3) is 0.471. The smallest absolute Gasteiger partial charge is 0.230 e. The van der Waals surface area contributed by atoms with Crippen molar-refractivity contribution in [3.05, 3.63) is 35.4 Å². The zero-order valence-electron chi connectivity index (χ0n) is 12.7. The quantitative estimate of drug-likeness (QED) is 0.479. The highest BCUT2D eigenvalue weighted by Gasteiger charge is 2.06. The lowest BCUT2D eigenvalue weighted by atomic mass is 9.97. The van der Waals surface area contributed by atoms with Gasteiger partial charge in [-0.15, -0.1) is 11.8 Å². The van der Waals surface area contributed by atoms with Gasteiger partial charge in [0.05, 0.1) is 5.75 Å². The molecule has 3 nitrogen and oxygen atoms in total. The number of carbonyl (C=O) groups is 1. The monoisotopic (exact) mass is 304 g/mol. The molecule has 0 saturated heterocycles. The second-order valence-electron chi connectivity index (χ2n) is 5.52. The molecule has 1 amide bonds. The first-order chi connectivity index (χ1) is 10.1. The van der Waals surface area contributed by atoms with Gasteiger partial charge in [0.2, 0.25) is 5.91 Å². The maximum atomic E-state index is 11.8. The number of benzene rings is 1. The maximum absolute atomic E-state index is 11.8. The van der Waals surface area contributed by atoms with Crippen molar-refractivity contribution in [1.29, 1.82) is 0 Å². The van der Waals surface area contributed by atoms with Crippen molar-refractivity contribution in [3.8, 4) is 0 Å². The topological polar surface area (TPSA) is 55.1 Å². The molecule has 0 bridgehead atoms. The summed E-state index contributed by atoms with van der Waals surface area (Å²) in [6.45, 7) is 2.74. The largest absolute Gasteiger partial charge is 0.399 e. The molecule has 0 unspecified atom stereocenters. The lowest BCUT2D eigenvalue weighted by molar-refractivity contribution is -0.118. The number of carbonyl (C=O) groups excluding carboxylic acids is 1. The molecule has 0 atom stereocenters. The zero-order chi connectivity index (χ0) is 15.1. The van der Waals surface area contributed by atoms with Crippen LogP contribution in [-0.4, -0.2) is 18.2 Å². The summed E-state index contributed by atoms with van der Waals surface area (Å²) in [4.78, 5) is 12.9. The average Bonchev–Trinajstić information content (AvgIpc) is 2.49. The van der Waals surface area contributed by atoms with E-state index in [-0.39, 0.29) is 5.91 Å². The number of nitrogens with two attached hydrogens (primary N) is 1. The van der Waals surface area contributed by atoms with Gasteiger partial charge in [0.1, 0.15) is 0 Å². The first kappa shape index (κ1) is 16.0. The predicted octanol–water partition coefficient (Wildman–Crippen LogP) is 3.68. The lowest BCUT2D eigenvalue weighted by Crippen LogP contribution is -2.26. The van der Waals surface area contributed by atoms with Gasteiger partial charge < -0.3 is 11.1 Å². The van der Waals surface area contributed by atoms with Gasteiger partial charge in [-0.2, -0.15) is 0 Å². The number of nitrogen functional groups attached to an aromatic ring is 1. The van der Waals surface area contributed by atoms with Crippen LogP contribution in [0.15, 0.2) is 34.7 Å². The van der Waals surface area contributed by atoms with Gasteiger partial charge in [0.15, 0.2) is 0 Å². The van der Waals surface area contributed by atoms with Gasteiger partial charge in [0, 0.05) is 17.1 Å². The van der Waals surface area contributed by atoms with Gasteiger partial charge in [-0.1, -0.05) is 11.6 Å². The Balaban J connectivity index is 1.67. The van der Waals surface area contributed by atoms with Crippen molar-refractivity contribution in [2.45, 2.75) is 43.9 Å².